The molecular formula is C18H19F3N2O3S2. The number of rotatable bonds is 6. The van der Waals surface area contributed by atoms with E-state index in [1.165, 1.54) is 59.9 Å². The van der Waals surface area contributed by atoms with Gasteiger partial charge in [-0.15, -0.1) is 0 Å². The van der Waals surface area contributed by atoms with E-state index < -0.39 is 21.4 Å². The van der Waals surface area contributed by atoms with Gasteiger partial charge in [0.05, 0.1) is 4.90 Å². The molecule has 2 aromatic carbocycles. The minimum Gasteiger partial charge on any atom is -0.322 e. The molecule has 0 saturated heterocycles. The van der Waals surface area contributed by atoms with E-state index in [0.717, 1.165) is 0 Å². The maximum Gasteiger partial charge on any atom is 0.446 e. The minimum atomic E-state index is -4.39. The van der Waals surface area contributed by atoms with E-state index in [1.807, 2.05) is 0 Å². The lowest BCUT2D eigenvalue weighted by molar-refractivity contribution is -0.0328. The Kier molecular flexibility index (Phi) is 6.79. The van der Waals surface area contributed by atoms with Gasteiger partial charge in [-0.05, 0) is 74.1 Å². The molecule has 0 aliphatic rings. The first-order chi connectivity index (χ1) is 12.9. The topological polar surface area (TPSA) is 66.5 Å². The molecule has 10 heteroatoms. The summed E-state index contributed by atoms with van der Waals surface area (Å²) in [5, 5.41) is 2.58. The van der Waals surface area contributed by atoms with Crippen molar-refractivity contribution in [2.75, 3.05) is 12.4 Å². The molecule has 152 valence electrons. The van der Waals surface area contributed by atoms with Gasteiger partial charge in [-0.25, -0.2) is 8.42 Å². The van der Waals surface area contributed by atoms with E-state index >= 15 is 0 Å². The van der Waals surface area contributed by atoms with Gasteiger partial charge in [-0.2, -0.15) is 17.5 Å². The van der Waals surface area contributed by atoms with E-state index in [2.05, 4.69) is 5.32 Å². The second-order valence-electron chi connectivity index (χ2n) is 6.17. The largest absolute Gasteiger partial charge is 0.446 e. The van der Waals surface area contributed by atoms with Gasteiger partial charge in [0.25, 0.3) is 5.91 Å². The van der Waals surface area contributed by atoms with Crippen LogP contribution in [0.5, 0.6) is 0 Å². The van der Waals surface area contributed by atoms with E-state index in [4.69, 9.17) is 0 Å². The number of thioether (sulfide) groups is 1. The van der Waals surface area contributed by atoms with E-state index in [9.17, 15) is 26.4 Å². The number of halogens is 3. The first kappa shape index (κ1) is 22.3. The Morgan fingerprint density at radius 1 is 1.04 bits per heavy atom. The van der Waals surface area contributed by atoms with Crippen LogP contribution >= 0.6 is 11.8 Å². The molecule has 28 heavy (non-hydrogen) atoms. The number of carbonyl (C=O) groups is 1. The second-order valence-corrected chi connectivity index (χ2v) is 9.30. The highest BCUT2D eigenvalue weighted by atomic mass is 32.2. The lowest BCUT2D eigenvalue weighted by Crippen LogP contribution is -2.33. The van der Waals surface area contributed by atoms with Crippen molar-refractivity contribution >= 4 is 33.4 Å². The number of nitrogens with one attached hydrogen (secondary N) is 1. The fraction of sp³-hybridized carbons (Fsp3) is 0.278. The van der Waals surface area contributed by atoms with Crippen molar-refractivity contribution in [2.45, 2.75) is 35.2 Å². The molecule has 0 fully saturated rings. The first-order valence-electron chi connectivity index (χ1n) is 8.15. The molecule has 0 radical (unpaired) electrons. The van der Waals surface area contributed by atoms with Gasteiger partial charge in [0.15, 0.2) is 0 Å². The van der Waals surface area contributed by atoms with Crippen molar-refractivity contribution in [3.8, 4) is 0 Å². The third-order valence-electron chi connectivity index (χ3n) is 3.87. The zero-order valence-corrected chi connectivity index (χ0v) is 17.0. The van der Waals surface area contributed by atoms with E-state index in [0.29, 0.717) is 5.69 Å². The molecular weight excluding hydrogens is 413 g/mol. The summed E-state index contributed by atoms with van der Waals surface area (Å²) in [6.07, 6.45) is 0. The van der Waals surface area contributed by atoms with Gasteiger partial charge in [-0.1, -0.05) is 0 Å². The molecule has 1 N–H and O–H groups in total. The third kappa shape index (κ3) is 5.73. The minimum absolute atomic E-state index is 0.0205. The van der Waals surface area contributed by atoms with Crippen LogP contribution in [0, 0.1) is 0 Å². The Labute approximate surface area is 166 Å². The smallest absolute Gasteiger partial charge is 0.322 e. The predicted molar refractivity (Wildman–Crippen MR) is 103 cm³/mol. The molecule has 0 unspecified atom stereocenters. The van der Waals surface area contributed by atoms with Crippen LogP contribution in [0.25, 0.3) is 0 Å². The van der Waals surface area contributed by atoms with Crippen molar-refractivity contribution in [1.82, 2.24) is 4.31 Å². The Balaban J connectivity index is 2.09. The fourth-order valence-corrected chi connectivity index (χ4v) is 4.07. The molecule has 0 saturated carbocycles. The quantitative estimate of drug-likeness (QED) is 0.679. The van der Waals surface area contributed by atoms with Crippen LogP contribution in [0.15, 0.2) is 58.3 Å². The van der Waals surface area contributed by atoms with Crippen LogP contribution in [0.4, 0.5) is 18.9 Å². The zero-order valence-electron chi connectivity index (χ0n) is 15.3. The average molecular weight is 432 g/mol. The van der Waals surface area contributed by atoms with Crippen LogP contribution < -0.4 is 5.32 Å². The number of amides is 1. The monoisotopic (exact) mass is 432 g/mol. The summed E-state index contributed by atoms with van der Waals surface area (Å²) >= 11 is -0.259. The molecule has 5 nitrogen and oxygen atoms in total. The fourth-order valence-electron chi connectivity index (χ4n) is 2.17. The maximum atomic E-state index is 12.4. The van der Waals surface area contributed by atoms with Crippen molar-refractivity contribution in [3.05, 3.63) is 54.1 Å². The lowest BCUT2D eigenvalue weighted by Gasteiger charge is -2.21. The summed E-state index contributed by atoms with van der Waals surface area (Å²) in [6.45, 7) is 3.51. The second kappa shape index (κ2) is 8.54. The van der Waals surface area contributed by atoms with Crippen LogP contribution in [0.1, 0.15) is 24.2 Å². The summed E-state index contributed by atoms with van der Waals surface area (Å²) in [5.74, 6) is -0.515. The Morgan fingerprint density at radius 3 is 2.04 bits per heavy atom. The van der Waals surface area contributed by atoms with E-state index in [-0.39, 0.29) is 33.2 Å². The van der Waals surface area contributed by atoms with Crippen LogP contribution in [-0.2, 0) is 10.0 Å². The Morgan fingerprint density at radius 2 is 1.57 bits per heavy atom. The van der Waals surface area contributed by atoms with Crippen LogP contribution in [0.2, 0.25) is 0 Å². The van der Waals surface area contributed by atoms with Gasteiger partial charge in [0.2, 0.25) is 10.0 Å². The summed E-state index contributed by atoms with van der Waals surface area (Å²) in [4.78, 5) is 12.3. The molecule has 2 rings (SSSR count). The van der Waals surface area contributed by atoms with Crippen molar-refractivity contribution < 1.29 is 26.4 Å². The van der Waals surface area contributed by atoms with Crippen LogP contribution in [0.3, 0.4) is 0 Å². The van der Waals surface area contributed by atoms with Crippen LogP contribution in [-0.4, -0.2) is 37.2 Å². The molecule has 0 aliphatic carbocycles. The number of benzene rings is 2. The first-order valence-corrected chi connectivity index (χ1v) is 10.4. The van der Waals surface area contributed by atoms with Gasteiger partial charge in [0.1, 0.15) is 0 Å². The van der Waals surface area contributed by atoms with Crippen molar-refractivity contribution in [2.24, 2.45) is 0 Å². The highest BCUT2D eigenvalue weighted by Gasteiger charge is 2.29. The summed E-state index contributed by atoms with van der Waals surface area (Å²) in [7, 11) is -2.15. The highest BCUT2D eigenvalue weighted by molar-refractivity contribution is 8.00. The number of carbonyl (C=O) groups excluding carboxylic acids is 1. The molecule has 0 aromatic heterocycles. The zero-order chi connectivity index (χ0) is 21.1. The molecule has 2 aromatic rings. The number of nitrogens with zero attached hydrogens (tertiary/aromatic N) is 1. The molecule has 0 atom stereocenters. The maximum absolute atomic E-state index is 12.4. The molecule has 0 spiro atoms. The van der Waals surface area contributed by atoms with Gasteiger partial charge in [0, 0.05) is 29.2 Å². The summed E-state index contributed by atoms with van der Waals surface area (Å²) in [6, 6.07) is 10.5. The number of alkyl halides is 3. The van der Waals surface area contributed by atoms with Gasteiger partial charge in [-0.3, -0.25) is 4.79 Å². The Hall–Kier alpha value is -2.04. The van der Waals surface area contributed by atoms with Gasteiger partial charge >= 0.3 is 5.51 Å². The molecule has 0 aliphatic heterocycles. The molecule has 1 amide bonds. The standard InChI is InChI=1S/C18H19F3N2O3S2/c1-12(2)23(3)28(25,26)16-10-6-14(7-11-16)22-17(24)13-4-8-15(9-5-13)27-18(19,20)21/h4-12H,1-3H3,(H,22,24). The van der Waals surface area contributed by atoms with E-state index in [1.54, 1.807) is 13.8 Å². The Bertz CT molecular complexity index is 926. The number of sulfonamides is 1. The average Bonchev–Trinajstić information content (AvgIpc) is 2.60. The molecule has 0 bridgehead atoms. The summed E-state index contributed by atoms with van der Waals surface area (Å²) in [5.41, 5.74) is -3.84. The number of hydrogen-bond donors (Lipinski definition) is 1. The number of anilines is 1. The highest BCUT2D eigenvalue weighted by Crippen LogP contribution is 2.36. The van der Waals surface area contributed by atoms with Crippen molar-refractivity contribution in [1.29, 1.82) is 0 Å². The number of hydrogen-bond acceptors (Lipinski definition) is 4. The third-order valence-corrected chi connectivity index (χ3v) is 6.65. The lowest BCUT2D eigenvalue weighted by atomic mass is 10.2. The summed E-state index contributed by atoms with van der Waals surface area (Å²) < 4.78 is 63.1. The SMILES string of the molecule is CC(C)N(C)S(=O)(=O)c1ccc(NC(=O)c2ccc(SC(F)(F)F)cc2)cc1. The molecule has 0 heterocycles. The van der Waals surface area contributed by atoms with Gasteiger partial charge < -0.3 is 5.32 Å². The van der Waals surface area contributed by atoms with Crippen molar-refractivity contribution in [3.63, 3.8) is 0 Å². The normalized spacial score (nSPS) is 12.4. The predicted octanol–water partition coefficient (Wildman–Crippen LogP) is 4.58.